The topological polar surface area (TPSA) is 71.8 Å². The van der Waals surface area contributed by atoms with Crippen LogP contribution in [-0.2, 0) is 28.4 Å². The fraction of sp³-hybridized carbons (Fsp3) is 0.667. The van der Waals surface area contributed by atoms with Gasteiger partial charge in [-0.05, 0) is 19.9 Å². The molecule has 0 atom stereocenters. The van der Waals surface area contributed by atoms with Gasteiger partial charge in [-0.2, -0.15) is 4.31 Å². The molecular weight excluding hydrogens is 268 g/mol. The highest BCUT2D eigenvalue weighted by atomic mass is 32.2. The molecule has 1 N–H and O–H groups in total. The number of aliphatic hydroxyl groups excluding tert-OH is 1. The zero-order valence-electron chi connectivity index (χ0n) is 11.8. The van der Waals surface area contributed by atoms with Crippen LogP contribution >= 0.6 is 0 Å². The van der Waals surface area contributed by atoms with Gasteiger partial charge in [-0.3, -0.25) is 0 Å². The molecule has 0 bridgehead atoms. The molecule has 0 saturated heterocycles. The first-order valence-corrected chi connectivity index (χ1v) is 7.55. The average molecular weight is 290 g/mol. The molecule has 0 aliphatic carbocycles. The third-order valence-corrected chi connectivity index (χ3v) is 4.98. The molecule has 1 rings (SSSR count). The minimum atomic E-state index is -3.56. The van der Waals surface area contributed by atoms with Gasteiger partial charge in [0.15, 0.2) is 0 Å². The lowest BCUT2D eigenvalue weighted by Crippen LogP contribution is -2.39. The molecule has 0 aliphatic rings. The van der Waals surface area contributed by atoms with E-state index in [2.05, 4.69) is 0 Å². The molecule has 110 valence electrons. The Balaban J connectivity index is 3.11. The maximum atomic E-state index is 12.5. The molecule has 6 nitrogen and oxygen atoms in total. The third-order valence-electron chi connectivity index (χ3n) is 2.94. The number of methoxy groups -OCH3 is 1. The van der Waals surface area contributed by atoms with Crippen molar-refractivity contribution >= 4 is 10.0 Å². The third kappa shape index (κ3) is 3.56. The van der Waals surface area contributed by atoms with Crippen LogP contribution in [0.3, 0.4) is 0 Å². The Morgan fingerprint density at radius 2 is 2.11 bits per heavy atom. The summed E-state index contributed by atoms with van der Waals surface area (Å²) in [5.41, 5.74) is 0.564. The Bertz CT molecular complexity index is 508. The summed E-state index contributed by atoms with van der Waals surface area (Å²) >= 11 is 0. The van der Waals surface area contributed by atoms with Crippen molar-refractivity contribution in [2.45, 2.75) is 31.4 Å². The second-order valence-electron chi connectivity index (χ2n) is 4.64. The van der Waals surface area contributed by atoms with E-state index in [1.54, 1.807) is 11.6 Å². The second-order valence-corrected chi connectivity index (χ2v) is 6.53. The van der Waals surface area contributed by atoms with Crippen molar-refractivity contribution in [3.63, 3.8) is 0 Å². The summed E-state index contributed by atoms with van der Waals surface area (Å²) in [6, 6.07) is 1.34. The van der Waals surface area contributed by atoms with Gasteiger partial charge in [0.25, 0.3) is 0 Å². The fourth-order valence-electron chi connectivity index (χ4n) is 1.85. The van der Waals surface area contributed by atoms with Crippen molar-refractivity contribution < 1.29 is 18.3 Å². The van der Waals surface area contributed by atoms with Gasteiger partial charge in [0.2, 0.25) is 10.0 Å². The highest BCUT2D eigenvalue weighted by Crippen LogP contribution is 2.20. The summed E-state index contributed by atoms with van der Waals surface area (Å²) in [5, 5.41) is 9.14. The molecule has 7 heteroatoms. The molecule has 0 fully saturated rings. The van der Waals surface area contributed by atoms with Gasteiger partial charge >= 0.3 is 0 Å². The maximum Gasteiger partial charge on any atom is 0.244 e. The van der Waals surface area contributed by atoms with Crippen molar-refractivity contribution in [1.29, 1.82) is 0 Å². The van der Waals surface area contributed by atoms with Gasteiger partial charge in [-0.15, -0.1) is 0 Å². The highest BCUT2D eigenvalue weighted by Gasteiger charge is 2.28. The van der Waals surface area contributed by atoms with E-state index in [0.29, 0.717) is 18.8 Å². The molecule has 1 aromatic rings. The lowest BCUT2D eigenvalue weighted by molar-refractivity contribution is 0.171. The maximum absolute atomic E-state index is 12.5. The molecule has 0 unspecified atom stereocenters. The van der Waals surface area contributed by atoms with Crippen molar-refractivity contribution in [3.8, 4) is 0 Å². The average Bonchev–Trinajstić information content (AvgIpc) is 2.71. The minimum absolute atomic E-state index is 0.155. The summed E-state index contributed by atoms with van der Waals surface area (Å²) < 4.78 is 33.0. The molecule has 19 heavy (non-hydrogen) atoms. The first kappa shape index (κ1) is 16.2. The first-order valence-electron chi connectivity index (χ1n) is 6.11. The van der Waals surface area contributed by atoms with Crippen LogP contribution < -0.4 is 0 Å². The van der Waals surface area contributed by atoms with E-state index in [0.717, 1.165) is 0 Å². The number of nitrogens with zero attached hydrogens (tertiary/aromatic N) is 2. The van der Waals surface area contributed by atoms with Crippen molar-refractivity contribution in [1.82, 2.24) is 8.87 Å². The van der Waals surface area contributed by atoms with Crippen LogP contribution in [0, 0.1) is 0 Å². The van der Waals surface area contributed by atoms with Crippen molar-refractivity contribution in [2.75, 3.05) is 20.3 Å². The van der Waals surface area contributed by atoms with E-state index < -0.39 is 10.0 Å². The van der Waals surface area contributed by atoms with E-state index in [4.69, 9.17) is 9.84 Å². The van der Waals surface area contributed by atoms with E-state index in [1.165, 1.54) is 23.7 Å². The largest absolute Gasteiger partial charge is 0.390 e. The molecule has 1 aromatic heterocycles. The molecule has 1 heterocycles. The number of rotatable bonds is 7. The zero-order chi connectivity index (χ0) is 14.6. The van der Waals surface area contributed by atoms with Gasteiger partial charge in [-0.25, -0.2) is 8.42 Å². The Kier molecular flexibility index (Phi) is 5.54. The summed E-state index contributed by atoms with van der Waals surface area (Å²) in [6.07, 6.45) is 1.52. The Labute approximate surface area is 114 Å². The second kappa shape index (κ2) is 6.51. The van der Waals surface area contributed by atoms with Crippen LogP contribution in [0.5, 0.6) is 0 Å². The molecular formula is C12H22N2O4S. The molecule has 0 spiro atoms. The number of hydrogen-bond acceptors (Lipinski definition) is 4. The SMILES string of the molecule is COCCN(C(C)C)S(=O)(=O)c1cc(CO)n(C)c1. The summed E-state index contributed by atoms with van der Waals surface area (Å²) in [6.45, 7) is 4.11. The molecule has 0 saturated carbocycles. The molecule has 0 amide bonds. The van der Waals surface area contributed by atoms with E-state index in [9.17, 15) is 8.42 Å². The van der Waals surface area contributed by atoms with Crippen LogP contribution in [0.15, 0.2) is 17.2 Å². The van der Waals surface area contributed by atoms with E-state index in [1.807, 2.05) is 13.8 Å². The fourth-order valence-corrected chi connectivity index (χ4v) is 3.56. The molecule has 0 aromatic carbocycles. The molecule has 0 radical (unpaired) electrons. The summed E-state index contributed by atoms with van der Waals surface area (Å²) in [5.74, 6) is 0. The van der Waals surface area contributed by atoms with E-state index in [-0.39, 0.29) is 17.5 Å². The number of aryl methyl sites for hydroxylation is 1. The Morgan fingerprint density at radius 3 is 2.53 bits per heavy atom. The van der Waals surface area contributed by atoms with Crippen molar-refractivity contribution in [3.05, 3.63) is 18.0 Å². The Morgan fingerprint density at radius 1 is 1.47 bits per heavy atom. The summed E-state index contributed by atoms with van der Waals surface area (Å²) in [4.78, 5) is 0.198. The van der Waals surface area contributed by atoms with Crippen LogP contribution in [-0.4, -0.2) is 48.7 Å². The molecule has 0 aliphatic heterocycles. The zero-order valence-corrected chi connectivity index (χ0v) is 12.6. The predicted molar refractivity (Wildman–Crippen MR) is 72.2 cm³/mol. The quantitative estimate of drug-likeness (QED) is 0.796. The van der Waals surface area contributed by atoms with Crippen LogP contribution in [0.1, 0.15) is 19.5 Å². The van der Waals surface area contributed by atoms with Crippen LogP contribution in [0.4, 0.5) is 0 Å². The lowest BCUT2D eigenvalue weighted by atomic mass is 10.4. The standard InChI is InChI=1S/C12H22N2O4S/c1-10(2)14(5-6-18-4)19(16,17)12-7-11(9-15)13(3)8-12/h7-8,10,15H,5-6,9H2,1-4H3. The number of aromatic nitrogens is 1. The van der Waals surface area contributed by atoms with Gasteiger partial charge in [-0.1, -0.05) is 0 Å². The first-order chi connectivity index (χ1) is 8.84. The van der Waals surface area contributed by atoms with Crippen molar-refractivity contribution in [2.24, 2.45) is 7.05 Å². The van der Waals surface area contributed by atoms with Gasteiger partial charge in [0.05, 0.1) is 13.2 Å². The normalized spacial score (nSPS) is 12.6. The van der Waals surface area contributed by atoms with Crippen LogP contribution in [0.2, 0.25) is 0 Å². The lowest BCUT2D eigenvalue weighted by Gasteiger charge is -2.24. The predicted octanol–water partition coefficient (Wildman–Crippen LogP) is 0.563. The van der Waals surface area contributed by atoms with Gasteiger partial charge in [0.1, 0.15) is 4.90 Å². The number of sulfonamides is 1. The minimum Gasteiger partial charge on any atom is -0.390 e. The Hall–Kier alpha value is -0.890. The smallest absolute Gasteiger partial charge is 0.244 e. The highest BCUT2D eigenvalue weighted by molar-refractivity contribution is 7.89. The summed E-state index contributed by atoms with van der Waals surface area (Å²) in [7, 11) is -0.316. The monoisotopic (exact) mass is 290 g/mol. The van der Waals surface area contributed by atoms with Gasteiger partial charge < -0.3 is 14.4 Å². The van der Waals surface area contributed by atoms with E-state index >= 15 is 0 Å². The van der Waals surface area contributed by atoms with Gasteiger partial charge in [0, 0.05) is 38.6 Å². The number of aliphatic hydroxyl groups is 1. The number of ether oxygens (including phenoxy) is 1. The number of hydrogen-bond donors (Lipinski definition) is 1. The van der Waals surface area contributed by atoms with Crippen LogP contribution in [0.25, 0.3) is 0 Å².